The third kappa shape index (κ3) is 2.32. The Morgan fingerprint density at radius 1 is 1.10 bits per heavy atom. The molecule has 0 radical (unpaired) electrons. The molecular formula is C17H14O2S. The van der Waals surface area contributed by atoms with E-state index in [0.717, 1.165) is 5.56 Å². The lowest BCUT2D eigenvalue weighted by molar-refractivity contribution is 0.0526. The van der Waals surface area contributed by atoms with Gasteiger partial charge in [-0.25, -0.2) is 4.79 Å². The SMILES string of the molecule is CCOC(=O)c1ccc(-c2csc3ccccc23)cc1. The van der Waals surface area contributed by atoms with Gasteiger partial charge in [-0.2, -0.15) is 0 Å². The Morgan fingerprint density at radius 3 is 2.60 bits per heavy atom. The highest BCUT2D eigenvalue weighted by atomic mass is 32.1. The van der Waals surface area contributed by atoms with Crippen LogP contribution in [0.4, 0.5) is 0 Å². The molecule has 100 valence electrons. The zero-order chi connectivity index (χ0) is 13.9. The van der Waals surface area contributed by atoms with Gasteiger partial charge < -0.3 is 4.74 Å². The lowest BCUT2D eigenvalue weighted by Crippen LogP contribution is -2.03. The van der Waals surface area contributed by atoms with Crippen molar-refractivity contribution >= 4 is 27.4 Å². The van der Waals surface area contributed by atoms with Gasteiger partial charge in [0.25, 0.3) is 0 Å². The van der Waals surface area contributed by atoms with E-state index in [4.69, 9.17) is 4.74 Å². The number of benzene rings is 2. The topological polar surface area (TPSA) is 26.3 Å². The number of thiophene rings is 1. The van der Waals surface area contributed by atoms with Gasteiger partial charge in [-0.3, -0.25) is 0 Å². The molecular weight excluding hydrogens is 268 g/mol. The monoisotopic (exact) mass is 282 g/mol. The molecule has 0 fully saturated rings. The Balaban J connectivity index is 1.97. The molecule has 3 aromatic rings. The molecule has 0 aliphatic rings. The van der Waals surface area contributed by atoms with Crippen molar-refractivity contribution in [3.05, 3.63) is 59.5 Å². The highest BCUT2D eigenvalue weighted by Gasteiger charge is 2.09. The smallest absolute Gasteiger partial charge is 0.338 e. The highest BCUT2D eigenvalue weighted by Crippen LogP contribution is 2.33. The molecule has 3 rings (SSSR count). The van der Waals surface area contributed by atoms with Crippen LogP contribution in [-0.2, 0) is 4.74 Å². The van der Waals surface area contributed by atoms with Crippen molar-refractivity contribution in [3.63, 3.8) is 0 Å². The number of carbonyl (C=O) groups excluding carboxylic acids is 1. The van der Waals surface area contributed by atoms with Crippen LogP contribution in [0.15, 0.2) is 53.9 Å². The van der Waals surface area contributed by atoms with Gasteiger partial charge in [-0.05, 0) is 36.1 Å². The van der Waals surface area contributed by atoms with E-state index < -0.39 is 0 Å². The van der Waals surface area contributed by atoms with E-state index in [-0.39, 0.29) is 5.97 Å². The van der Waals surface area contributed by atoms with Gasteiger partial charge in [0, 0.05) is 15.6 Å². The summed E-state index contributed by atoms with van der Waals surface area (Å²) in [6.45, 7) is 2.21. The van der Waals surface area contributed by atoms with Gasteiger partial charge in [0.1, 0.15) is 0 Å². The van der Waals surface area contributed by atoms with E-state index in [1.165, 1.54) is 15.6 Å². The first-order chi connectivity index (χ1) is 9.79. The number of ether oxygens (including phenoxy) is 1. The molecule has 1 aromatic heterocycles. The third-order valence-corrected chi connectivity index (χ3v) is 4.15. The number of rotatable bonds is 3. The Kier molecular flexibility index (Phi) is 3.52. The molecule has 0 N–H and O–H groups in total. The fourth-order valence-corrected chi connectivity index (χ4v) is 3.17. The van der Waals surface area contributed by atoms with Gasteiger partial charge in [0.15, 0.2) is 0 Å². The molecule has 0 atom stereocenters. The molecule has 0 unspecified atom stereocenters. The van der Waals surface area contributed by atoms with Crippen LogP contribution < -0.4 is 0 Å². The summed E-state index contributed by atoms with van der Waals surface area (Å²) >= 11 is 1.74. The predicted molar refractivity (Wildman–Crippen MR) is 83.2 cm³/mol. The molecule has 0 saturated heterocycles. The fraction of sp³-hybridized carbons (Fsp3) is 0.118. The van der Waals surface area contributed by atoms with Crippen molar-refractivity contribution in [1.82, 2.24) is 0 Å². The van der Waals surface area contributed by atoms with Gasteiger partial charge >= 0.3 is 5.97 Å². The number of hydrogen-bond donors (Lipinski definition) is 0. The Labute approximate surface area is 121 Å². The van der Waals surface area contributed by atoms with Crippen LogP contribution >= 0.6 is 11.3 Å². The van der Waals surface area contributed by atoms with Gasteiger partial charge in [0.05, 0.1) is 12.2 Å². The van der Waals surface area contributed by atoms with Crippen molar-refractivity contribution in [3.8, 4) is 11.1 Å². The van der Waals surface area contributed by atoms with Crippen molar-refractivity contribution in [2.75, 3.05) is 6.61 Å². The molecule has 0 saturated carbocycles. The van der Waals surface area contributed by atoms with E-state index >= 15 is 0 Å². The first-order valence-corrected chi connectivity index (χ1v) is 7.41. The standard InChI is InChI=1S/C17H14O2S/c1-2-19-17(18)13-9-7-12(8-10-13)15-11-20-16-6-4-3-5-14(15)16/h3-11H,2H2,1H3. The summed E-state index contributed by atoms with van der Waals surface area (Å²) in [5.74, 6) is -0.269. The molecule has 0 aliphatic carbocycles. The Hall–Kier alpha value is -2.13. The summed E-state index contributed by atoms with van der Waals surface area (Å²) < 4.78 is 6.27. The zero-order valence-electron chi connectivity index (χ0n) is 11.1. The van der Waals surface area contributed by atoms with Crippen LogP contribution in [0.1, 0.15) is 17.3 Å². The van der Waals surface area contributed by atoms with E-state index in [1.807, 2.05) is 43.3 Å². The summed E-state index contributed by atoms with van der Waals surface area (Å²) in [4.78, 5) is 11.6. The predicted octanol–water partition coefficient (Wildman–Crippen LogP) is 4.75. The molecule has 0 spiro atoms. The molecule has 0 amide bonds. The minimum Gasteiger partial charge on any atom is -0.462 e. The number of esters is 1. The van der Waals surface area contributed by atoms with Crippen molar-refractivity contribution < 1.29 is 9.53 Å². The first kappa shape index (κ1) is 12.9. The van der Waals surface area contributed by atoms with Gasteiger partial charge in [-0.15, -0.1) is 11.3 Å². The van der Waals surface area contributed by atoms with E-state index in [0.29, 0.717) is 12.2 Å². The Morgan fingerprint density at radius 2 is 1.85 bits per heavy atom. The number of fused-ring (bicyclic) bond motifs is 1. The Bertz CT molecular complexity index is 741. The van der Waals surface area contributed by atoms with Crippen LogP contribution in [0.2, 0.25) is 0 Å². The largest absolute Gasteiger partial charge is 0.462 e. The number of hydrogen-bond acceptors (Lipinski definition) is 3. The molecule has 20 heavy (non-hydrogen) atoms. The normalized spacial score (nSPS) is 10.7. The van der Waals surface area contributed by atoms with Crippen LogP contribution in [0, 0.1) is 0 Å². The maximum absolute atomic E-state index is 11.6. The molecule has 3 heteroatoms. The minimum atomic E-state index is -0.269. The zero-order valence-corrected chi connectivity index (χ0v) is 11.9. The first-order valence-electron chi connectivity index (χ1n) is 6.53. The summed E-state index contributed by atoms with van der Waals surface area (Å²) in [6.07, 6.45) is 0. The average molecular weight is 282 g/mol. The quantitative estimate of drug-likeness (QED) is 0.648. The van der Waals surface area contributed by atoms with Crippen molar-refractivity contribution in [1.29, 1.82) is 0 Å². The minimum absolute atomic E-state index is 0.269. The second kappa shape index (κ2) is 5.47. The summed E-state index contributed by atoms with van der Waals surface area (Å²) in [5, 5.41) is 3.41. The summed E-state index contributed by atoms with van der Waals surface area (Å²) in [5.41, 5.74) is 2.92. The molecule has 2 nitrogen and oxygen atoms in total. The van der Waals surface area contributed by atoms with Gasteiger partial charge in [0.2, 0.25) is 0 Å². The van der Waals surface area contributed by atoms with Crippen LogP contribution in [0.5, 0.6) is 0 Å². The maximum atomic E-state index is 11.6. The highest BCUT2D eigenvalue weighted by molar-refractivity contribution is 7.17. The van der Waals surface area contributed by atoms with E-state index in [9.17, 15) is 4.79 Å². The third-order valence-electron chi connectivity index (χ3n) is 3.19. The fourth-order valence-electron chi connectivity index (χ4n) is 2.20. The summed E-state index contributed by atoms with van der Waals surface area (Å²) in [7, 11) is 0. The maximum Gasteiger partial charge on any atom is 0.338 e. The second-order valence-electron chi connectivity index (χ2n) is 4.44. The average Bonchev–Trinajstić information content (AvgIpc) is 2.92. The molecule has 2 aromatic carbocycles. The molecule has 1 heterocycles. The van der Waals surface area contributed by atoms with E-state index in [2.05, 4.69) is 17.5 Å². The lowest BCUT2D eigenvalue weighted by Gasteiger charge is -2.03. The molecule has 0 bridgehead atoms. The second-order valence-corrected chi connectivity index (χ2v) is 5.35. The van der Waals surface area contributed by atoms with Crippen molar-refractivity contribution in [2.24, 2.45) is 0 Å². The number of carbonyl (C=O) groups is 1. The molecule has 0 aliphatic heterocycles. The van der Waals surface area contributed by atoms with Crippen LogP contribution in [-0.4, -0.2) is 12.6 Å². The van der Waals surface area contributed by atoms with E-state index in [1.54, 1.807) is 11.3 Å². The van der Waals surface area contributed by atoms with Crippen LogP contribution in [0.25, 0.3) is 21.2 Å². The van der Waals surface area contributed by atoms with Gasteiger partial charge in [-0.1, -0.05) is 30.3 Å². The lowest BCUT2D eigenvalue weighted by atomic mass is 10.0. The van der Waals surface area contributed by atoms with Crippen molar-refractivity contribution in [2.45, 2.75) is 6.92 Å². The summed E-state index contributed by atoms with van der Waals surface area (Å²) in [6, 6.07) is 15.9. The van der Waals surface area contributed by atoms with Crippen LogP contribution in [0.3, 0.4) is 0 Å².